The van der Waals surface area contributed by atoms with E-state index in [2.05, 4.69) is 78.3 Å². The van der Waals surface area contributed by atoms with Gasteiger partial charge in [-0.2, -0.15) is 0 Å². The Kier molecular flexibility index (Phi) is 4.49. The fraction of sp³-hybridized carbons (Fsp3) is 0.158. The average molecular weight is 293 g/mol. The van der Waals surface area contributed by atoms with Crippen molar-refractivity contribution in [2.24, 2.45) is 0 Å². The highest BCUT2D eigenvalue weighted by molar-refractivity contribution is 7.10. The van der Waals surface area contributed by atoms with Crippen molar-refractivity contribution in [1.82, 2.24) is 5.32 Å². The molecule has 1 N–H and O–H groups in total. The Bertz CT molecular complexity index is 700. The molecular weight excluding hydrogens is 274 g/mol. The summed E-state index contributed by atoms with van der Waals surface area (Å²) in [5.41, 5.74) is 5.26. The Morgan fingerprint density at radius 2 is 1.67 bits per heavy atom. The molecule has 2 heteroatoms. The molecule has 0 unspecified atom stereocenters. The van der Waals surface area contributed by atoms with Gasteiger partial charge in [-0.1, -0.05) is 48.5 Å². The molecule has 0 aliphatic heterocycles. The molecule has 0 atom stereocenters. The monoisotopic (exact) mass is 293 g/mol. The first-order chi connectivity index (χ1) is 10.3. The lowest BCUT2D eigenvalue weighted by molar-refractivity contribution is 0.699. The number of thiophene rings is 1. The summed E-state index contributed by atoms with van der Waals surface area (Å²) in [6.45, 7) is 4.01. The van der Waals surface area contributed by atoms with E-state index in [-0.39, 0.29) is 0 Å². The van der Waals surface area contributed by atoms with E-state index in [1.165, 1.54) is 27.1 Å². The van der Waals surface area contributed by atoms with Gasteiger partial charge in [-0.15, -0.1) is 11.3 Å². The highest BCUT2D eigenvalue weighted by atomic mass is 32.1. The van der Waals surface area contributed by atoms with Crippen LogP contribution in [-0.2, 0) is 13.1 Å². The normalized spacial score (nSPS) is 10.7. The minimum atomic E-state index is 0.901. The van der Waals surface area contributed by atoms with Gasteiger partial charge in [0, 0.05) is 18.0 Å². The summed E-state index contributed by atoms with van der Waals surface area (Å²) in [5, 5.41) is 5.69. The molecule has 0 aliphatic carbocycles. The zero-order valence-corrected chi connectivity index (χ0v) is 13.0. The fourth-order valence-corrected chi connectivity index (χ4v) is 3.27. The van der Waals surface area contributed by atoms with Crippen molar-refractivity contribution in [3.8, 4) is 11.1 Å². The molecule has 21 heavy (non-hydrogen) atoms. The number of hydrogen-bond donors (Lipinski definition) is 1. The molecule has 1 aromatic heterocycles. The van der Waals surface area contributed by atoms with Crippen LogP contribution in [-0.4, -0.2) is 0 Å². The molecule has 0 saturated carbocycles. The van der Waals surface area contributed by atoms with E-state index >= 15 is 0 Å². The van der Waals surface area contributed by atoms with E-state index in [1.54, 1.807) is 0 Å². The third kappa shape index (κ3) is 3.60. The molecule has 3 rings (SSSR count). The van der Waals surface area contributed by atoms with Gasteiger partial charge in [-0.25, -0.2) is 0 Å². The van der Waals surface area contributed by atoms with Gasteiger partial charge in [0.1, 0.15) is 0 Å². The van der Waals surface area contributed by atoms with E-state index < -0.39 is 0 Å². The van der Waals surface area contributed by atoms with E-state index in [4.69, 9.17) is 0 Å². The first-order valence-electron chi connectivity index (χ1n) is 7.21. The Hall–Kier alpha value is -1.90. The summed E-state index contributed by atoms with van der Waals surface area (Å²) >= 11 is 1.82. The number of hydrogen-bond acceptors (Lipinski definition) is 2. The second kappa shape index (κ2) is 6.70. The van der Waals surface area contributed by atoms with Gasteiger partial charge in [0.2, 0.25) is 0 Å². The topological polar surface area (TPSA) is 12.0 Å². The molecule has 1 nitrogen and oxygen atoms in total. The van der Waals surface area contributed by atoms with Crippen molar-refractivity contribution in [3.63, 3.8) is 0 Å². The summed E-state index contributed by atoms with van der Waals surface area (Å²) in [7, 11) is 0. The Balaban J connectivity index is 1.65. The van der Waals surface area contributed by atoms with Gasteiger partial charge in [-0.3, -0.25) is 0 Å². The Morgan fingerprint density at radius 1 is 0.857 bits per heavy atom. The van der Waals surface area contributed by atoms with Gasteiger partial charge in [0.15, 0.2) is 0 Å². The zero-order valence-electron chi connectivity index (χ0n) is 12.2. The SMILES string of the molecule is Cc1ccsc1CNCc1cccc(-c2ccccc2)c1. The van der Waals surface area contributed by atoms with Crippen LogP contribution >= 0.6 is 11.3 Å². The molecule has 0 bridgehead atoms. The highest BCUT2D eigenvalue weighted by Crippen LogP contribution is 2.20. The van der Waals surface area contributed by atoms with Crippen molar-refractivity contribution < 1.29 is 0 Å². The second-order valence-corrected chi connectivity index (χ2v) is 6.20. The van der Waals surface area contributed by atoms with Crippen LogP contribution in [0.3, 0.4) is 0 Å². The van der Waals surface area contributed by atoms with Crippen LogP contribution in [0, 0.1) is 6.92 Å². The minimum Gasteiger partial charge on any atom is -0.308 e. The molecule has 0 aliphatic rings. The first kappa shape index (κ1) is 14.1. The Labute approximate surface area is 130 Å². The molecule has 1 heterocycles. The smallest absolute Gasteiger partial charge is 0.0305 e. The van der Waals surface area contributed by atoms with Crippen molar-refractivity contribution in [1.29, 1.82) is 0 Å². The van der Waals surface area contributed by atoms with Crippen LogP contribution in [0.2, 0.25) is 0 Å². The maximum absolute atomic E-state index is 3.53. The Morgan fingerprint density at radius 3 is 2.43 bits per heavy atom. The molecule has 3 aromatic rings. The molecular formula is C19H19NS. The lowest BCUT2D eigenvalue weighted by Gasteiger charge is -2.07. The van der Waals surface area contributed by atoms with Crippen LogP contribution < -0.4 is 5.32 Å². The van der Waals surface area contributed by atoms with Crippen LogP contribution in [0.4, 0.5) is 0 Å². The van der Waals surface area contributed by atoms with Gasteiger partial charge in [0.05, 0.1) is 0 Å². The second-order valence-electron chi connectivity index (χ2n) is 5.20. The third-order valence-corrected chi connectivity index (χ3v) is 4.64. The van der Waals surface area contributed by atoms with Crippen LogP contribution in [0.5, 0.6) is 0 Å². The van der Waals surface area contributed by atoms with Crippen molar-refractivity contribution in [3.05, 3.63) is 82.0 Å². The van der Waals surface area contributed by atoms with Gasteiger partial charge in [0.25, 0.3) is 0 Å². The average Bonchev–Trinajstić information content (AvgIpc) is 2.94. The number of aryl methyl sites for hydroxylation is 1. The van der Waals surface area contributed by atoms with Crippen LogP contribution in [0.1, 0.15) is 16.0 Å². The predicted molar refractivity (Wildman–Crippen MR) is 91.5 cm³/mol. The molecule has 0 spiro atoms. The number of rotatable bonds is 5. The van der Waals surface area contributed by atoms with Crippen molar-refractivity contribution in [2.75, 3.05) is 0 Å². The summed E-state index contributed by atoms with van der Waals surface area (Å²) in [6.07, 6.45) is 0. The standard InChI is InChI=1S/C19H19NS/c1-15-10-11-21-19(15)14-20-13-16-6-5-9-18(12-16)17-7-3-2-4-8-17/h2-12,20H,13-14H2,1H3. The van der Waals surface area contributed by atoms with E-state index in [9.17, 15) is 0 Å². The first-order valence-corrected chi connectivity index (χ1v) is 8.09. The lowest BCUT2D eigenvalue weighted by atomic mass is 10.0. The van der Waals surface area contributed by atoms with E-state index in [0.717, 1.165) is 13.1 Å². The zero-order chi connectivity index (χ0) is 14.5. The van der Waals surface area contributed by atoms with Gasteiger partial charge < -0.3 is 5.32 Å². The lowest BCUT2D eigenvalue weighted by Crippen LogP contribution is -2.12. The van der Waals surface area contributed by atoms with Crippen LogP contribution in [0.25, 0.3) is 11.1 Å². The summed E-state index contributed by atoms with van der Waals surface area (Å²) in [5.74, 6) is 0. The molecule has 0 fully saturated rings. The maximum atomic E-state index is 3.53. The predicted octanol–water partition coefficient (Wildman–Crippen LogP) is 5.01. The summed E-state index contributed by atoms with van der Waals surface area (Å²) in [4.78, 5) is 1.43. The summed E-state index contributed by atoms with van der Waals surface area (Å²) < 4.78 is 0. The fourth-order valence-electron chi connectivity index (χ4n) is 2.40. The largest absolute Gasteiger partial charge is 0.308 e. The number of benzene rings is 2. The van der Waals surface area contributed by atoms with E-state index in [1.807, 2.05) is 11.3 Å². The summed E-state index contributed by atoms with van der Waals surface area (Å²) in [6, 6.07) is 21.5. The quantitative estimate of drug-likeness (QED) is 0.697. The number of nitrogens with one attached hydrogen (secondary N) is 1. The molecule has 0 radical (unpaired) electrons. The highest BCUT2D eigenvalue weighted by Gasteiger charge is 2.01. The maximum Gasteiger partial charge on any atom is 0.0305 e. The van der Waals surface area contributed by atoms with Crippen molar-refractivity contribution >= 4 is 11.3 Å². The molecule has 0 saturated heterocycles. The molecule has 106 valence electrons. The molecule has 2 aromatic carbocycles. The van der Waals surface area contributed by atoms with Gasteiger partial charge >= 0.3 is 0 Å². The minimum absolute atomic E-state index is 0.901. The van der Waals surface area contributed by atoms with Gasteiger partial charge in [-0.05, 0) is 46.7 Å². The van der Waals surface area contributed by atoms with Crippen LogP contribution in [0.15, 0.2) is 66.0 Å². The molecule has 0 amide bonds. The third-order valence-electron chi connectivity index (χ3n) is 3.62. The van der Waals surface area contributed by atoms with Crippen molar-refractivity contribution in [2.45, 2.75) is 20.0 Å². The van der Waals surface area contributed by atoms with E-state index in [0.29, 0.717) is 0 Å².